The van der Waals surface area contributed by atoms with Crippen molar-refractivity contribution in [1.29, 1.82) is 0 Å². The molecule has 3 aromatic rings. The summed E-state index contributed by atoms with van der Waals surface area (Å²) in [5.41, 5.74) is 3.28. The van der Waals surface area contributed by atoms with Crippen molar-refractivity contribution in [3.05, 3.63) is 89.5 Å². The summed E-state index contributed by atoms with van der Waals surface area (Å²) in [6.45, 7) is 1.50. The zero-order chi connectivity index (χ0) is 24.3. The van der Waals surface area contributed by atoms with Crippen LogP contribution in [0.25, 0.3) is 0 Å². The second kappa shape index (κ2) is 9.69. The Hall–Kier alpha value is -3.65. The fourth-order valence-electron chi connectivity index (χ4n) is 3.94. The summed E-state index contributed by atoms with van der Waals surface area (Å²) >= 11 is 0. The number of amides is 1. The normalized spacial score (nSPS) is 15.7. The van der Waals surface area contributed by atoms with Crippen molar-refractivity contribution < 1.29 is 22.7 Å². The van der Waals surface area contributed by atoms with Gasteiger partial charge in [-0.2, -0.15) is 5.10 Å². The van der Waals surface area contributed by atoms with Gasteiger partial charge in [0.15, 0.2) is 9.84 Å². The third kappa shape index (κ3) is 4.97. The summed E-state index contributed by atoms with van der Waals surface area (Å²) in [7, 11) is -0.343. The zero-order valence-electron chi connectivity index (χ0n) is 19.3. The number of benzene rings is 3. The number of carbonyl (C=O) groups excluding carboxylic acids is 1. The van der Waals surface area contributed by atoms with Crippen LogP contribution in [0.2, 0.25) is 0 Å². The second-order valence-corrected chi connectivity index (χ2v) is 10.0. The minimum atomic E-state index is -3.49. The zero-order valence-corrected chi connectivity index (χ0v) is 20.1. The first-order valence-electron chi connectivity index (χ1n) is 10.8. The van der Waals surface area contributed by atoms with Crippen LogP contribution in [0.15, 0.2) is 82.8 Å². The molecule has 1 aliphatic rings. The number of hydrogen-bond donors (Lipinski definition) is 0. The van der Waals surface area contributed by atoms with Crippen LogP contribution in [0.3, 0.4) is 0 Å². The number of nitrogens with zero attached hydrogens (tertiary/aromatic N) is 2. The first kappa shape index (κ1) is 23.5. The van der Waals surface area contributed by atoms with E-state index in [1.54, 1.807) is 43.5 Å². The molecule has 0 bridgehead atoms. The van der Waals surface area contributed by atoms with Crippen LogP contribution in [-0.4, -0.2) is 39.3 Å². The molecule has 0 aromatic heterocycles. The van der Waals surface area contributed by atoms with Crippen molar-refractivity contribution in [2.24, 2.45) is 5.10 Å². The van der Waals surface area contributed by atoms with Gasteiger partial charge in [0.1, 0.15) is 11.5 Å². The highest BCUT2D eigenvalue weighted by atomic mass is 32.2. The summed E-state index contributed by atoms with van der Waals surface area (Å²) in [5, 5.41) is 6.06. The molecule has 0 spiro atoms. The van der Waals surface area contributed by atoms with E-state index < -0.39 is 9.84 Å². The molecular formula is C26H26N2O5S. The van der Waals surface area contributed by atoms with E-state index in [9.17, 15) is 13.2 Å². The highest BCUT2D eigenvalue weighted by Crippen LogP contribution is 2.33. The van der Waals surface area contributed by atoms with Gasteiger partial charge in [-0.1, -0.05) is 36.4 Å². The number of hydrazone groups is 1. The first-order valence-corrected chi connectivity index (χ1v) is 12.4. The molecule has 0 fully saturated rings. The average molecular weight is 479 g/mol. The lowest BCUT2D eigenvalue weighted by Gasteiger charge is -2.20. The molecule has 0 N–H and O–H groups in total. The molecular weight excluding hydrogens is 452 g/mol. The van der Waals surface area contributed by atoms with Crippen molar-refractivity contribution in [3.63, 3.8) is 0 Å². The molecule has 1 unspecified atom stereocenters. The molecule has 7 nitrogen and oxygen atoms in total. The molecule has 8 heteroatoms. The largest absolute Gasteiger partial charge is 0.497 e. The molecule has 0 aliphatic carbocycles. The fraction of sp³-hybridized carbons (Fsp3) is 0.231. The predicted octanol–water partition coefficient (Wildman–Crippen LogP) is 4.38. The van der Waals surface area contributed by atoms with Crippen LogP contribution in [0.5, 0.6) is 11.5 Å². The standard InChI is InChI=1S/C26H26N2O5S/c1-18(29)28-26(21-8-10-22(32-2)11-9-21)16-25(27-28)20-6-4-19(5-7-20)17-34(30,31)24-14-12-23(33-3)13-15-24/h4-15,26H,16-17H2,1-3H3. The second-order valence-electron chi connectivity index (χ2n) is 8.03. The summed E-state index contributed by atoms with van der Waals surface area (Å²) in [6, 6.07) is 21.0. The molecule has 1 amide bonds. The minimum absolute atomic E-state index is 0.111. The number of rotatable bonds is 7. The van der Waals surface area contributed by atoms with Gasteiger partial charge in [-0.25, -0.2) is 13.4 Å². The van der Waals surface area contributed by atoms with E-state index in [4.69, 9.17) is 9.47 Å². The van der Waals surface area contributed by atoms with Gasteiger partial charge in [0.25, 0.3) is 0 Å². The Labute approximate surface area is 199 Å². The number of sulfone groups is 1. The minimum Gasteiger partial charge on any atom is -0.497 e. The van der Waals surface area contributed by atoms with E-state index in [2.05, 4.69) is 5.10 Å². The van der Waals surface area contributed by atoms with Gasteiger partial charge >= 0.3 is 0 Å². The molecule has 4 rings (SSSR count). The third-order valence-electron chi connectivity index (χ3n) is 5.80. The lowest BCUT2D eigenvalue weighted by Crippen LogP contribution is -2.24. The van der Waals surface area contributed by atoms with Crippen LogP contribution >= 0.6 is 0 Å². The van der Waals surface area contributed by atoms with Gasteiger partial charge in [0, 0.05) is 13.3 Å². The van der Waals surface area contributed by atoms with E-state index in [1.807, 2.05) is 36.4 Å². The monoisotopic (exact) mass is 478 g/mol. The molecule has 3 aromatic carbocycles. The Morgan fingerprint density at radius 1 is 0.912 bits per heavy atom. The number of methoxy groups -OCH3 is 2. The van der Waals surface area contributed by atoms with Crippen molar-refractivity contribution in [2.75, 3.05) is 14.2 Å². The van der Waals surface area contributed by atoms with Crippen LogP contribution < -0.4 is 9.47 Å². The highest BCUT2D eigenvalue weighted by Gasteiger charge is 2.31. The first-order chi connectivity index (χ1) is 16.3. The maximum absolute atomic E-state index is 12.8. The van der Waals surface area contributed by atoms with E-state index in [0.717, 1.165) is 22.6 Å². The smallest absolute Gasteiger partial charge is 0.240 e. The van der Waals surface area contributed by atoms with Crippen LogP contribution in [0, 0.1) is 0 Å². The maximum atomic E-state index is 12.8. The van der Waals surface area contributed by atoms with Crippen LogP contribution in [-0.2, 0) is 20.4 Å². The van der Waals surface area contributed by atoms with Crippen LogP contribution in [0.1, 0.15) is 36.1 Å². The van der Waals surface area contributed by atoms with Gasteiger partial charge in [-0.3, -0.25) is 4.79 Å². The summed E-state index contributed by atoms with van der Waals surface area (Å²) in [4.78, 5) is 12.5. The van der Waals surface area contributed by atoms with E-state index in [1.165, 1.54) is 19.0 Å². The van der Waals surface area contributed by atoms with Gasteiger partial charge < -0.3 is 9.47 Å². The molecule has 0 saturated heterocycles. The summed E-state index contributed by atoms with van der Waals surface area (Å²) in [5.74, 6) is 1.10. The van der Waals surface area contributed by atoms with Crippen molar-refractivity contribution in [3.8, 4) is 11.5 Å². The maximum Gasteiger partial charge on any atom is 0.240 e. The SMILES string of the molecule is COc1ccc(C2CC(c3ccc(CS(=O)(=O)c4ccc(OC)cc4)cc3)=NN2C(C)=O)cc1. The average Bonchev–Trinajstić information content (AvgIpc) is 3.30. The Kier molecular flexibility index (Phi) is 6.70. The number of carbonyl (C=O) groups is 1. The van der Waals surface area contributed by atoms with E-state index in [0.29, 0.717) is 17.7 Å². The Balaban J connectivity index is 1.51. The molecule has 0 radical (unpaired) electrons. The molecule has 1 heterocycles. The Morgan fingerprint density at radius 3 is 2.00 bits per heavy atom. The topological polar surface area (TPSA) is 85.3 Å². The van der Waals surface area contributed by atoms with Gasteiger partial charge in [0.2, 0.25) is 5.91 Å². The van der Waals surface area contributed by atoms with Gasteiger partial charge in [0.05, 0.1) is 36.6 Å². The van der Waals surface area contributed by atoms with Crippen molar-refractivity contribution in [1.82, 2.24) is 5.01 Å². The summed E-state index contributed by atoms with van der Waals surface area (Å²) in [6.07, 6.45) is 0.565. The summed E-state index contributed by atoms with van der Waals surface area (Å²) < 4.78 is 35.9. The number of hydrogen-bond acceptors (Lipinski definition) is 6. The molecule has 0 saturated carbocycles. The molecule has 34 heavy (non-hydrogen) atoms. The highest BCUT2D eigenvalue weighted by molar-refractivity contribution is 7.90. The lowest BCUT2D eigenvalue weighted by molar-refractivity contribution is -0.130. The van der Waals surface area contributed by atoms with Crippen molar-refractivity contribution in [2.45, 2.75) is 30.0 Å². The predicted molar refractivity (Wildman–Crippen MR) is 130 cm³/mol. The molecule has 1 atom stereocenters. The van der Waals surface area contributed by atoms with E-state index in [-0.39, 0.29) is 22.6 Å². The van der Waals surface area contributed by atoms with Gasteiger partial charge in [-0.15, -0.1) is 0 Å². The number of ether oxygens (including phenoxy) is 2. The Morgan fingerprint density at radius 2 is 1.47 bits per heavy atom. The van der Waals surface area contributed by atoms with E-state index >= 15 is 0 Å². The quantitative estimate of drug-likeness (QED) is 0.503. The third-order valence-corrected chi connectivity index (χ3v) is 7.50. The fourth-order valence-corrected chi connectivity index (χ4v) is 5.29. The van der Waals surface area contributed by atoms with Crippen LogP contribution in [0.4, 0.5) is 0 Å². The van der Waals surface area contributed by atoms with Gasteiger partial charge in [-0.05, 0) is 53.1 Å². The molecule has 1 aliphatic heterocycles. The lowest BCUT2D eigenvalue weighted by atomic mass is 9.98. The Bertz CT molecular complexity index is 1300. The van der Waals surface area contributed by atoms with Crippen molar-refractivity contribution >= 4 is 21.5 Å². The molecule has 176 valence electrons.